The number of halogens is 3. The van der Waals surface area contributed by atoms with Crippen LogP contribution in [0.2, 0.25) is 0 Å². The van der Waals surface area contributed by atoms with Crippen molar-refractivity contribution in [1.29, 1.82) is 0 Å². The molecule has 6 heteroatoms. The van der Waals surface area contributed by atoms with Gasteiger partial charge in [-0.2, -0.15) is 0 Å². The number of carboxylic acid groups (broad SMARTS) is 1. The fraction of sp³-hybridized carbons (Fsp3) is 0.417. The third kappa shape index (κ3) is 2.40. The first kappa shape index (κ1) is 13.4. The Morgan fingerprint density at radius 1 is 1.44 bits per heavy atom. The fourth-order valence-corrected chi connectivity index (χ4v) is 2.61. The standard InChI is InChI=1S/C12H11BrF2O3/c13-8-1-2-9(14)7(10(8)15)5-12(18)3-6(4-12)11(16)17/h1-2,6,18H,3-5H2,(H,16,17). The number of rotatable bonds is 3. The SMILES string of the molecule is O=C(O)C1CC(O)(Cc2c(F)ccc(Br)c2F)C1. The number of aliphatic carboxylic acids is 1. The van der Waals surface area contributed by atoms with Crippen LogP contribution in [0.5, 0.6) is 0 Å². The summed E-state index contributed by atoms with van der Waals surface area (Å²) in [6.07, 6.45) is -0.171. The maximum absolute atomic E-state index is 13.7. The Morgan fingerprint density at radius 2 is 2.06 bits per heavy atom. The highest BCUT2D eigenvalue weighted by Gasteiger charge is 2.47. The van der Waals surface area contributed by atoms with Crippen LogP contribution in [-0.4, -0.2) is 21.8 Å². The van der Waals surface area contributed by atoms with Crippen LogP contribution in [-0.2, 0) is 11.2 Å². The minimum atomic E-state index is -1.33. The van der Waals surface area contributed by atoms with Crippen LogP contribution >= 0.6 is 15.9 Å². The molecule has 0 radical (unpaired) electrons. The van der Waals surface area contributed by atoms with E-state index in [0.717, 1.165) is 6.07 Å². The number of aliphatic hydroxyl groups is 1. The molecule has 1 aromatic carbocycles. The number of hydrogen-bond donors (Lipinski definition) is 2. The van der Waals surface area contributed by atoms with Crippen molar-refractivity contribution in [2.75, 3.05) is 0 Å². The van der Waals surface area contributed by atoms with Crippen LogP contribution in [0.15, 0.2) is 16.6 Å². The van der Waals surface area contributed by atoms with Crippen molar-refractivity contribution in [2.45, 2.75) is 24.9 Å². The summed E-state index contributed by atoms with van der Waals surface area (Å²) in [5, 5.41) is 18.7. The van der Waals surface area contributed by atoms with Gasteiger partial charge in [-0.1, -0.05) is 0 Å². The normalized spacial score (nSPS) is 26.8. The average Bonchev–Trinajstić information content (AvgIpc) is 2.26. The zero-order valence-electron chi connectivity index (χ0n) is 9.29. The van der Waals surface area contributed by atoms with Crippen LogP contribution < -0.4 is 0 Å². The zero-order chi connectivity index (χ0) is 13.5. The summed E-state index contributed by atoms with van der Waals surface area (Å²) in [5.74, 6) is -3.10. The van der Waals surface area contributed by atoms with Crippen LogP contribution in [0.3, 0.4) is 0 Å². The third-order valence-corrected chi connectivity index (χ3v) is 3.86. The molecular weight excluding hydrogens is 310 g/mol. The lowest BCUT2D eigenvalue weighted by molar-refractivity contribution is -0.158. The second kappa shape index (κ2) is 4.59. The summed E-state index contributed by atoms with van der Waals surface area (Å²) in [4.78, 5) is 10.6. The smallest absolute Gasteiger partial charge is 0.306 e. The molecule has 0 aromatic heterocycles. The molecule has 0 bridgehead atoms. The highest BCUT2D eigenvalue weighted by Crippen LogP contribution is 2.41. The van der Waals surface area contributed by atoms with E-state index in [4.69, 9.17) is 5.11 Å². The lowest BCUT2D eigenvalue weighted by Gasteiger charge is -2.41. The first-order valence-corrected chi connectivity index (χ1v) is 6.19. The summed E-state index contributed by atoms with van der Waals surface area (Å²) < 4.78 is 27.3. The van der Waals surface area contributed by atoms with Gasteiger partial charge in [0.2, 0.25) is 0 Å². The largest absolute Gasteiger partial charge is 0.481 e. The van der Waals surface area contributed by atoms with Crippen molar-refractivity contribution in [3.05, 3.63) is 33.8 Å². The maximum atomic E-state index is 13.7. The Balaban J connectivity index is 2.16. The molecule has 2 rings (SSSR count). The number of carbonyl (C=O) groups is 1. The van der Waals surface area contributed by atoms with Crippen molar-refractivity contribution < 1.29 is 23.8 Å². The van der Waals surface area contributed by atoms with Gasteiger partial charge in [-0.05, 0) is 40.9 Å². The molecule has 0 unspecified atom stereocenters. The monoisotopic (exact) mass is 320 g/mol. The van der Waals surface area contributed by atoms with Gasteiger partial charge in [0.1, 0.15) is 11.6 Å². The van der Waals surface area contributed by atoms with E-state index in [-0.39, 0.29) is 29.3 Å². The van der Waals surface area contributed by atoms with Gasteiger partial charge in [-0.3, -0.25) is 4.79 Å². The second-order valence-electron chi connectivity index (χ2n) is 4.67. The lowest BCUT2D eigenvalue weighted by Crippen LogP contribution is -2.48. The van der Waals surface area contributed by atoms with Crippen molar-refractivity contribution in [1.82, 2.24) is 0 Å². The fourth-order valence-electron chi connectivity index (χ4n) is 2.24. The van der Waals surface area contributed by atoms with E-state index >= 15 is 0 Å². The first-order chi connectivity index (χ1) is 8.32. The van der Waals surface area contributed by atoms with Crippen LogP contribution in [0.1, 0.15) is 18.4 Å². The Labute approximate surface area is 111 Å². The quantitative estimate of drug-likeness (QED) is 0.841. The lowest BCUT2D eigenvalue weighted by atomic mass is 9.68. The molecule has 0 aliphatic heterocycles. The van der Waals surface area contributed by atoms with E-state index in [1.165, 1.54) is 6.07 Å². The third-order valence-electron chi connectivity index (χ3n) is 3.25. The number of hydrogen-bond acceptors (Lipinski definition) is 2. The second-order valence-corrected chi connectivity index (χ2v) is 5.52. The number of benzene rings is 1. The van der Waals surface area contributed by atoms with Crippen LogP contribution in [0, 0.1) is 17.6 Å². The molecule has 18 heavy (non-hydrogen) atoms. The van der Waals surface area contributed by atoms with Crippen molar-refractivity contribution >= 4 is 21.9 Å². The molecule has 1 aliphatic carbocycles. The first-order valence-electron chi connectivity index (χ1n) is 5.40. The van der Waals surface area contributed by atoms with Crippen molar-refractivity contribution in [3.8, 4) is 0 Å². The van der Waals surface area contributed by atoms with E-state index in [1.54, 1.807) is 0 Å². The molecule has 0 saturated heterocycles. The molecule has 1 saturated carbocycles. The van der Waals surface area contributed by atoms with E-state index < -0.39 is 29.1 Å². The molecule has 0 spiro atoms. The maximum Gasteiger partial charge on any atom is 0.306 e. The van der Waals surface area contributed by atoms with E-state index in [0.29, 0.717) is 0 Å². The summed E-state index contributed by atoms with van der Waals surface area (Å²) >= 11 is 2.95. The minimum absolute atomic E-state index is 0.0216. The summed E-state index contributed by atoms with van der Waals surface area (Å²) in [5.41, 5.74) is -1.54. The molecule has 3 nitrogen and oxygen atoms in total. The van der Waals surface area contributed by atoms with Gasteiger partial charge in [-0.25, -0.2) is 8.78 Å². The molecule has 2 N–H and O–H groups in total. The Hall–Kier alpha value is -1.01. The van der Waals surface area contributed by atoms with Gasteiger partial charge in [0, 0.05) is 12.0 Å². The minimum Gasteiger partial charge on any atom is -0.481 e. The van der Waals surface area contributed by atoms with Gasteiger partial charge in [-0.15, -0.1) is 0 Å². The van der Waals surface area contributed by atoms with Crippen molar-refractivity contribution in [2.24, 2.45) is 5.92 Å². The Morgan fingerprint density at radius 3 is 2.61 bits per heavy atom. The zero-order valence-corrected chi connectivity index (χ0v) is 10.9. The van der Waals surface area contributed by atoms with Crippen LogP contribution in [0.4, 0.5) is 8.78 Å². The van der Waals surface area contributed by atoms with Crippen LogP contribution in [0.25, 0.3) is 0 Å². The average molecular weight is 321 g/mol. The summed E-state index contributed by atoms with van der Waals surface area (Å²) in [6, 6.07) is 2.36. The van der Waals surface area contributed by atoms with Gasteiger partial charge < -0.3 is 10.2 Å². The highest BCUT2D eigenvalue weighted by atomic mass is 79.9. The predicted molar refractivity (Wildman–Crippen MR) is 63.1 cm³/mol. The number of carboxylic acids is 1. The molecule has 0 amide bonds. The van der Waals surface area contributed by atoms with E-state index in [9.17, 15) is 18.7 Å². The van der Waals surface area contributed by atoms with Gasteiger partial charge in [0.05, 0.1) is 16.0 Å². The molecule has 0 heterocycles. The van der Waals surface area contributed by atoms with Gasteiger partial charge >= 0.3 is 5.97 Å². The topological polar surface area (TPSA) is 57.5 Å². The van der Waals surface area contributed by atoms with E-state index in [1.807, 2.05) is 0 Å². The Kier molecular flexibility index (Phi) is 3.42. The van der Waals surface area contributed by atoms with Gasteiger partial charge in [0.15, 0.2) is 0 Å². The summed E-state index contributed by atoms with van der Waals surface area (Å²) in [6.45, 7) is 0. The molecule has 1 aromatic rings. The Bertz CT molecular complexity index is 498. The molecular formula is C12H11BrF2O3. The highest BCUT2D eigenvalue weighted by molar-refractivity contribution is 9.10. The van der Waals surface area contributed by atoms with E-state index in [2.05, 4.69) is 15.9 Å². The van der Waals surface area contributed by atoms with Gasteiger partial charge in [0.25, 0.3) is 0 Å². The summed E-state index contributed by atoms with van der Waals surface area (Å²) in [7, 11) is 0. The molecule has 0 atom stereocenters. The molecule has 1 fully saturated rings. The predicted octanol–water partition coefficient (Wildman–Crippen LogP) is 2.50. The molecule has 1 aliphatic rings. The molecule has 98 valence electrons. The van der Waals surface area contributed by atoms with Crippen molar-refractivity contribution in [3.63, 3.8) is 0 Å².